The molecule has 0 saturated carbocycles. The van der Waals surface area contributed by atoms with Crippen molar-refractivity contribution in [1.82, 2.24) is 10.6 Å². The van der Waals surface area contributed by atoms with Gasteiger partial charge < -0.3 is 30.0 Å². The van der Waals surface area contributed by atoms with E-state index < -0.39 is 36.4 Å². The van der Waals surface area contributed by atoms with Crippen LogP contribution in [0.1, 0.15) is 44.2 Å². The molecule has 39 heavy (non-hydrogen) atoms. The summed E-state index contributed by atoms with van der Waals surface area (Å²) in [5.74, 6) is -0.573. The van der Waals surface area contributed by atoms with Crippen LogP contribution in [0.25, 0.3) is 0 Å². The fraction of sp³-hybridized carbons (Fsp3) is 0.484. The number of hydrogen-bond acceptors (Lipinski definition) is 6. The molecule has 8 heteroatoms. The molecular formula is C31H42N2O6. The highest BCUT2D eigenvalue weighted by Crippen LogP contribution is 2.20. The first-order chi connectivity index (χ1) is 18.9. The maximum atomic E-state index is 13.3. The van der Waals surface area contributed by atoms with Crippen LogP contribution in [0.3, 0.4) is 0 Å². The molecule has 8 nitrogen and oxygen atoms in total. The molecule has 0 spiro atoms. The molecule has 1 saturated heterocycles. The van der Waals surface area contributed by atoms with Crippen LogP contribution in [0.4, 0.5) is 0 Å². The van der Waals surface area contributed by atoms with Crippen molar-refractivity contribution in [2.75, 3.05) is 13.7 Å². The lowest BCUT2D eigenvalue weighted by atomic mass is 9.99. The van der Waals surface area contributed by atoms with Gasteiger partial charge in [-0.2, -0.15) is 0 Å². The summed E-state index contributed by atoms with van der Waals surface area (Å²) in [5, 5.41) is 17.2. The Bertz CT molecular complexity index is 1030. The van der Waals surface area contributed by atoms with Crippen LogP contribution >= 0.6 is 0 Å². The largest absolute Gasteiger partial charge is 0.387 e. The molecule has 3 rings (SSSR count). The van der Waals surface area contributed by atoms with Crippen LogP contribution in [0.2, 0.25) is 0 Å². The molecule has 0 bridgehead atoms. The third kappa shape index (κ3) is 9.89. The maximum absolute atomic E-state index is 13.3. The van der Waals surface area contributed by atoms with Crippen molar-refractivity contribution >= 4 is 11.8 Å². The van der Waals surface area contributed by atoms with Gasteiger partial charge in [-0.25, -0.2) is 0 Å². The van der Waals surface area contributed by atoms with E-state index in [-0.39, 0.29) is 25.0 Å². The highest BCUT2D eigenvalue weighted by atomic mass is 16.6. The topological polar surface area (TPSA) is 106 Å². The van der Waals surface area contributed by atoms with E-state index in [9.17, 15) is 14.7 Å². The second kappa shape index (κ2) is 16.2. The van der Waals surface area contributed by atoms with Crippen LogP contribution in [-0.2, 0) is 37.0 Å². The number of nitrogens with one attached hydrogen (secondary N) is 2. The van der Waals surface area contributed by atoms with Gasteiger partial charge in [0.25, 0.3) is 5.91 Å². The van der Waals surface area contributed by atoms with Crippen LogP contribution in [0, 0.1) is 5.92 Å². The molecule has 1 fully saturated rings. The Kier molecular flexibility index (Phi) is 12.6. The van der Waals surface area contributed by atoms with E-state index in [1.807, 2.05) is 86.7 Å². The number of methoxy groups -OCH3 is 1. The Hall–Kier alpha value is -3.04. The van der Waals surface area contributed by atoms with E-state index in [0.29, 0.717) is 13.0 Å². The van der Waals surface area contributed by atoms with E-state index in [4.69, 9.17) is 14.2 Å². The zero-order valence-corrected chi connectivity index (χ0v) is 23.1. The first-order valence-corrected chi connectivity index (χ1v) is 13.7. The van der Waals surface area contributed by atoms with Crippen molar-refractivity contribution in [3.8, 4) is 0 Å². The number of hydrogen-bond donors (Lipinski definition) is 3. The van der Waals surface area contributed by atoms with Crippen molar-refractivity contribution in [3.05, 3.63) is 83.9 Å². The van der Waals surface area contributed by atoms with Crippen molar-refractivity contribution in [2.24, 2.45) is 5.92 Å². The molecule has 2 aromatic rings. The lowest BCUT2D eigenvalue weighted by Gasteiger charge is -2.33. The molecule has 2 amide bonds. The van der Waals surface area contributed by atoms with Gasteiger partial charge in [-0.05, 0) is 36.3 Å². The number of aliphatic hydroxyl groups is 1. The number of rotatable bonds is 14. The van der Waals surface area contributed by atoms with Crippen molar-refractivity contribution < 1.29 is 28.9 Å². The van der Waals surface area contributed by atoms with Gasteiger partial charge in [0.1, 0.15) is 24.4 Å². The SMILES string of the molecule is CO[C@@H](C(=O)N[C@H]1CCCCNC1=O)[C@H](O)[C@@H](OCc1ccccc1)[C@@H](/C=C/C(C)C)OCc1ccccc1. The fourth-order valence-corrected chi connectivity index (χ4v) is 4.42. The lowest BCUT2D eigenvalue weighted by Crippen LogP contribution is -2.56. The highest BCUT2D eigenvalue weighted by molar-refractivity contribution is 5.89. The van der Waals surface area contributed by atoms with Crippen LogP contribution < -0.4 is 10.6 Å². The smallest absolute Gasteiger partial charge is 0.252 e. The lowest BCUT2D eigenvalue weighted by molar-refractivity contribution is -0.165. The average molecular weight is 539 g/mol. The quantitative estimate of drug-likeness (QED) is 0.318. The summed E-state index contributed by atoms with van der Waals surface area (Å²) in [5.41, 5.74) is 1.88. The minimum Gasteiger partial charge on any atom is -0.387 e. The number of carbonyl (C=O) groups excluding carboxylic acids is 2. The van der Waals surface area contributed by atoms with Crippen molar-refractivity contribution in [3.63, 3.8) is 0 Å². The van der Waals surface area contributed by atoms with Gasteiger partial charge in [0, 0.05) is 13.7 Å². The zero-order valence-electron chi connectivity index (χ0n) is 23.1. The Balaban J connectivity index is 1.84. The third-order valence-corrected chi connectivity index (χ3v) is 6.59. The number of benzene rings is 2. The minimum absolute atomic E-state index is 0.201. The molecule has 212 valence electrons. The summed E-state index contributed by atoms with van der Waals surface area (Å²) in [6, 6.07) is 18.6. The van der Waals surface area contributed by atoms with Gasteiger partial charge in [0.05, 0.1) is 13.2 Å². The number of allylic oxidation sites excluding steroid dienone is 1. The van der Waals surface area contributed by atoms with E-state index in [1.165, 1.54) is 7.11 Å². The van der Waals surface area contributed by atoms with E-state index >= 15 is 0 Å². The standard InChI is InChI=1S/C31H42N2O6/c1-22(2)17-18-26(38-20-23-12-6-4-7-13-23)28(39-21-24-14-8-5-9-15-24)27(34)29(37-3)31(36)33-25-16-10-11-19-32-30(25)35/h4-9,12-15,17-18,22,25-29,34H,10-11,16,19-21H2,1-3H3,(H,32,35)(H,33,36)/b18-17+/t25-,26+,27+,28-,29+/m0/s1. The van der Waals surface area contributed by atoms with Gasteiger partial charge >= 0.3 is 0 Å². The summed E-state index contributed by atoms with van der Waals surface area (Å²) in [7, 11) is 1.36. The van der Waals surface area contributed by atoms with Gasteiger partial charge in [0.2, 0.25) is 5.91 Å². The second-order valence-electron chi connectivity index (χ2n) is 10.1. The summed E-state index contributed by atoms with van der Waals surface area (Å²) in [4.78, 5) is 25.7. The maximum Gasteiger partial charge on any atom is 0.252 e. The second-order valence-corrected chi connectivity index (χ2v) is 10.1. The summed E-state index contributed by atoms with van der Waals surface area (Å²) < 4.78 is 18.1. The Morgan fingerprint density at radius 3 is 2.21 bits per heavy atom. The van der Waals surface area contributed by atoms with E-state index in [1.54, 1.807) is 0 Å². The van der Waals surface area contributed by atoms with E-state index in [0.717, 1.165) is 24.0 Å². The molecule has 0 unspecified atom stereocenters. The Morgan fingerprint density at radius 1 is 1.00 bits per heavy atom. The molecule has 3 N–H and O–H groups in total. The van der Waals surface area contributed by atoms with Crippen LogP contribution in [0.5, 0.6) is 0 Å². The van der Waals surface area contributed by atoms with Gasteiger partial charge in [-0.15, -0.1) is 0 Å². The zero-order chi connectivity index (χ0) is 28.0. The molecule has 0 aromatic heterocycles. The van der Waals surface area contributed by atoms with Crippen molar-refractivity contribution in [2.45, 2.75) is 76.8 Å². The molecular weight excluding hydrogens is 496 g/mol. The predicted octanol–water partition coefficient (Wildman–Crippen LogP) is 3.53. The van der Waals surface area contributed by atoms with Gasteiger partial charge in [0.15, 0.2) is 6.10 Å². The van der Waals surface area contributed by atoms with Gasteiger partial charge in [-0.1, -0.05) is 86.7 Å². The molecule has 0 aliphatic carbocycles. The van der Waals surface area contributed by atoms with Crippen molar-refractivity contribution in [1.29, 1.82) is 0 Å². The molecule has 1 heterocycles. The molecule has 0 radical (unpaired) electrons. The predicted molar refractivity (Wildman–Crippen MR) is 150 cm³/mol. The summed E-state index contributed by atoms with van der Waals surface area (Å²) >= 11 is 0. The minimum atomic E-state index is -1.38. The average Bonchev–Trinajstić information content (AvgIpc) is 3.14. The highest BCUT2D eigenvalue weighted by Gasteiger charge is 2.39. The summed E-state index contributed by atoms with van der Waals surface area (Å²) in [6.45, 7) is 5.16. The first kappa shape index (κ1) is 30.5. The Morgan fingerprint density at radius 2 is 1.62 bits per heavy atom. The molecule has 2 aromatic carbocycles. The monoisotopic (exact) mass is 538 g/mol. The molecule has 1 aliphatic rings. The van der Waals surface area contributed by atoms with E-state index in [2.05, 4.69) is 10.6 Å². The molecule has 1 aliphatic heterocycles. The number of carbonyl (C=O) groups is 2. The van der Waals surface area contributed by atoms with Gasteiger partial charge in [-0.3, -0.25) is 9.59 Å². The van der Waals surface area contributed by atoms with Crippen LogP contribution in [-0.4, -0.2) is 61.0 Å². The third-order valence-electron chi connectivity index (χ3n) is 6.59. The first-order valence-electron chi connectivity index (χ1n) is 13.7. The normalized spacial score (nSPS) is 19.2. The fourth-order valence-electron chi connectivity index (χ4n) is 4.42. The number of aliphatic hydroxyl groups excluding tert-OH is 1. The number of ether oxygens (including phenoxy) is 3. The summed E-state index contributed by atoms with van der Waals surface area (Å²) in [6.07, 6.45) is 1.75. The molecule has 5 atom stereocenters. The van der Waals surface area contributed by atoms with Crippen LogP contribution in [0.15, 0.2) is 72.8 Å². The number of amides is 2. The Labute approximate surface area is 231 Å².